The van der Waals surface area contributed by atoms with Gasteiger partial charge in [0, 0.05) is 6.42 Å². The van der Waals surface area contributed by atoms with Crippen LogP contribution in [0.4, 0.5) is 0 Å². The van der Waals surface area contributed by atoms with E-state index in [1.54, 1.807) is 0 Å². The van der Waals surface area contributed by atoms with Gasteiger partial charge >= 0.3 is 11.9 Å². The van der Waals surface area contributed by atoms with Crippen molar-refractivity contribution < 1.29 is 28.8 Å². The van der Waals surface area contributed by atoms with Crippen LogP contribution in [-0.2, 0) is 36.7 Å². The molecule has 9 heteroatoms. The number of aryl methyl sites for hydroxylation is 1. The number of amides is 1. The van der Waals surface area contributed by atoms with Crippen LogP contribution in [0.5, 0.6) is 0 Å². The summed E-state index contributed by atoms with van der Waals surface area (Å²) in [5, 5.41) is 12.0. The van der Waals surface area contributed by atoms with Gasteiger partial charge in [0.1, 0.15) is 11.8 Å². The topological polar surface area (TPSA) is 119 Å². The third-order valence-electron chi connectivity index (χ3n) is 5.51. The highest BCUT2D eigenvalue weighted by Gasteiger charge is 2.52. The molecule has 3 rings (SSSR count). The van der Waals surface area contributed by atoms with Crippen molar-refractivity contribution in [2.75, 3.05) is 12.9 Å². The zero-order valence-corrected chi connectivity index (χ0v) is 17.1. The van der Waals surface area contributed by atoms with Gasteiger partial charge in [-0.25, -0.2) is 4.79 Å². The summed E-state index contributed by atoms with van der Waals surface area (Å²) in [5.41, 5.74) is 1.07. The van der Waals surface area contributed by atoms with E-state index in [2.05, 4.69) is 5.32 Å². The van der Waals surface area contributed by atoms with Crippen LogP contribution < -0.4 is 5.32 Å². The standard InChI is InChI=1S/C20H26N2O6S/c1-28-20(26)15(11-10-13-6-3-2-4-7-13)21-14-8-5-9-17-22(18(14)23)16(19(24)25)12-29(17)27/h2-4,6-7,14-17,21H,5,8-12H2,1H3,(H,24,25)/t14-,15?,16-,17-,29?/m0/s1. The summed E-state index contributed by atoms with van der Waals surface area (Å²) < 4.78 is 17.2. The van der Waals surface area contributed by atoms with E-state index in [0.717, 1.165) is 5.56 Å². The van der Waals surface area contributed by atoms with Crippen LogP contribution in [0.15, 0.2) is 30.3 Å². The molecule has 0 spiro atoms. The van der Waals surface area contributed by atoms with E-state index < -0.39 is 52.5 Å². The zero-order valence-electron chi connectivity index (χ0n) is 16.3. The molecule has 0 bridgehead atoms. The van der Waals surface area contributed by atoms with Gasteiger partial charge in [-0.15, -0.1) is 0 Å². The average molecular weight is 423 g/mol. The van der Waals surface area contributed by atoms with Gasteiger partial charge in [-0.05, 0) is 42.4 Å². The lowest BCUT2D eigenvalue weighted by atomic mass is 10.0. The highest BCUT2D eigenvalue weighted by Crippen LogP contribution is 2.32. The van der Waals surface area contributed by atoms with Gasteiger partial charge in [-0.2, -0.15) is 0 Å². The van der Waals surface area contributed by atoms with Crippen LogP contribution in [0.25, 0.3) is 0 Å². The quantitative estimate of drug-likeness (QED) is 0.490. The first-order valence-electron chi connectivity index (χ1n) is 9.72. The number of fused-ring (bicyclic) bond motifs is 1. The molecule has 0 radical (unpaired) electrons. The second-order valence-electron chi connectivity index (χ2n) is 7.35. The number of hydrogen-bond acceptors (Lipinski definition) is 6. The fourth-order valence-corrected chi connectivity index (χ4v) is 5.77. The molecule has 2 unspecified atom stereocenters. The van der Waals surface area contributed by atoms with Gasteiger partial charge in [-0.1, -0.05) is 30.3 Å². The van der Waals surface area contributed by atoms with Crippen LogP contribution in [0.3, 0.4) is 0 Å². The number of carbonyl (C=O) groups excluding carboxylic acids is 2. The van der Waals surface area contributed by atoms with Crippen molar-refractivity contribution in [1.82, 2.24) is 10.2 Å². The number of ether oxygens (including phenoxy) is 1. The van der Waals surface area contributed by atoms with Crippen LogP contribution >= 0.6 is 0 Å². The minimum atomic E-state index is -1.38. The average Bonchev–Trinajstić information content (AvgIpc) is 2.96. The normalized spacial score (nSPS) is 27.8. The zero-order chi connectivity index (χ0) is 21.0. The number of benzene rings is 1. The first-order valence-corrected chi connectivity index (χ1v) is 11.1. The van der Waals surface area contributed by atoms with E-state index in [-0.39, 0.29) is 5.75 Å². The van der Waals surface area contributed by atoms with Gasteiger partial charge in [0.05, 0.1) is 13.2 Å². The second-order valence-corrected chi connectivity index (χ2v) is 8.99. The third-order valence-corrected chi connectivity index (χ3v) is 7.22. The molecule has 5 atom stereocenters. The maximum Gasteiger partial charge on any atom is 0.331 e. The summed E-state index contributed by atoms with van der Waals surface area (Å²) in [6.45, 7) is 0. The third kappa shape index (κ3) is 4.91. The Morgan fingerprint density at radius 3 is 2.72 bits per heavy atom. The van der Waals surface area contributed by atoms with Crippen LogP contribution in [0.1, 0.15) is 31.2 Å². The summed E-state index contributed by atoms with van der Waals surface area (Å²) in [5.74, 6) is -2.07. The van der Waals surface area contributed by atoms with Gasteiger partial charge in [0.25, 0.3) is 0 Å². The molecule has 0 aliphatic carbocycles. The summed E-state index contributed by atoms with van der Waals surface area (Å²) >= 11 is -1.38. The Balaban J connectivity index is 1.73. The molecule has 8 nitrogen and oxygen atoms in total. The number of rotatable bonds is 7. The number of carboxylic acid groups (broad SMARTS) is 1. The number of hydrogen-bond donors (Lipinski definition) is 2. The Morgan fingerprint density at radius 1 is 1.34 bits per heavy atom. The summed E-state index contributed by atoms with van der Waals surface area (Å²) in [6, 6.07) is 7.20. The molecule has 2 aliphatic heterocycles. The molecular weight excluding hydrogens is 396 g/mol. The first-order chi connectivity index (χ1) is 13.9. The number of nitrogens with zero attached hydrogens (tertiary/aromatic N) is 1. The SMILES string of the molecule is COC(=O)C(CCc1ccccc1)N[C@H]1CCC[C@H]2N(C1=O)[C@H](C(=O)O)C[S+]2[O-]. The minimum Gasteiger partial charge on any atom is -0.615 e. The van der Waals surface area contributed by atoms with E-state index in [0.29, 0.717) is 32.1 Å². The molecule has 1 aromatic carbocycles. The maximum absolute atomic E-state index is 13.1. The van der Waals surface area contributed by atoms with Crippen molar-refractivity contribution in [1.29, 1.82) is 0 Å². The summed E-state index contributed by atoms with van der Waals surface area (Å²) in [6.07, 6.45) is 2.64. The summed E-state index contributed by atoms with van der Waals surface area (Å²) in [7, 11) is 1.30. The molecule has 2 heterocycles. The molecule has 158 valence electrons. The molecular formula is C20H26N2O6S. The highest BCUT2D eigenvalue weighted by atomic mass is 32.2. The number of esters is 1. The Labute approximate surface area is 172 Å². The fraction of sp³-hybridized carbons (Fsp3) is 0.550. The van der Waals surface area contributed by atoms with Crippen LogP contribution in [0.2, 0.25) is 0 Å². The maximum atomic E-state index is 13.1. The predicted octanol–water partition coefficient (Wildman–Crippen LogP) is 0.673. The van der Waals surface area contributed by atoms with Gasteiger partial charge in [-0.3, -0.25) is 19.8 Å². The largest absolute Gasteiger partial charge is 0.615 e. The second kappa shape index (κ2) is 9.60. The lowest BCUT2D eigenvalue weighted by Crippen LogP contribution is -2.55. The van der Waals surface area contributed by atoms with E-state index in [1.165, 1.54) is 12.0 Å². The number of methoxy groups -OCH3 is 1. The lowest BCUT2D eigenvalue weighted by Gasteiger charge is -2.28. The van der Waals surface area contributed by atoms with E-state index in [9.17, 15) is 24.0 Å². The molecule has 2 saturated heterocycles. The lowest BCUT2D eigenvalue weighted by molar-refractivity contribution is -0.150. The number of aliphatic carboxylic acids is 1. The first kappa shape index (κ1) is 21.6. The van der Waals surface area contributed by atoms with E-state index >= 15 is 0 Å². The highest BCUT2D eigenvalue weighted by molar-refractivity contribution is 7.92. The monoisotopic (exact) mass is 422 g/mol. The van der Waals surface area contributed by atoms with Crippen molar-refractivity contribution in [2.45, 2.75) is 55.6 Å². The molecule has 1 amide bonds. The van der Waals surface area contributed by atoms with Crippen molar-refractivity contribution in [2.24, 2.45) is 0 Å². The van der Waals surface area contributed by atoms with Gasteiger partial charge in [0.2, 0.25) is 5.91 Å². The molecule has 0 saturated carbocycles. The van der Waals surface area contributed by atoms with E-state index in [4.69, 9.17) is 4.74 Å². The molecule has 0 aromatic heterocycles. The van der Waals surface area contributed by atoms with Crippen LogP contribution in [0, 0.1) is 0 Å². The number of carboxylic acids is 1. The number of nitrogens with one attached hydrogen (secondary N) is 1. The van der Waals surface area contributed by atoms with Gasteiger partial charge < -0.3 is 14.4 Å². The Bertz CT molecular complexity index is 746. The van der Waals surface area contributed by atoms with Crippen LogP contribution in [-0.4, -0.2) is 68.8 Å². The van der Waals surface area contributed by atoms with Crippen molar-refractivity contribution >= 4 is 29.0 Å². The van der Waals surface area contributed by atoms with Gasteiger partial charge in [0.15, 0.2) is 11.4 Å². The molecule has 1 aromatic rings. The Hall–Kier alpha value is -2.10. The molecule has 2 N–H and O–H groups in total. The predicted molar refractivity (Wildman–Crippen MR) is 106 cm³/mol. The minimum absolute atomic E-state index is 0.0487. The molecule has 29 heavy (non-hydrogen) atoms. The van der Waals surface area contributed by atoms with Crippen molar-refractivity contribution in [3.63, 3.8) is 0 Å². The Kier molecular flexibility index (Phi) is 7.15. The summed E-state index contributed by atoms with van der Waals surface area (Å²) in [4.78, 5) is 38.3. The molecule has 2 aliphatic rings. The fourth-order valence-electron chi connectivity index (χ4n) is 4.00. The van der Waals surface area contributed by atoms with E-state index in [1.807, 2.05) is 30.3 Å². The Morgan fingerprint density at radius 2 is 2.07 bits per heavy atom. The molecule has 2 fully saturated rings. The number of carbonyl (C=O) groups is 3. The van der Waals surface area contributed by atoms with Crippen molar-refractivity contribution in [3.05, 3.63) is 35.9 Å². The smallest absolute Gasteiger partial charge is 0.331 e. The van der Waals surface area contributed by atoms with Crippen molar-refractivity contribution in [3.8, 4) is 0 Å².